The lowest BCUT2D eigenvalue weighted by Gasteiger charge is -2.12. The third kappa shape index (κ3) is 3.36. The highest BCUT2D eigenvalue weighted by Crippen LogP contribution is 2.18. The van der Waals surface area contributed by atoms with Crippen molar-refractivity contribution in [1.82, 2.24) is 4.98 Å². The largest absolute Gasteiger partial charge is 0.465 e. The van der Waals surface area contributed by atoms with Crippen LogP contribution in [0.2, 0.25) is 5.15 Å². The average molecular weight is 289 g/mol. The van der Waals surface area contributed by atoms with Crippen LogP contribution < -0.4 is 4.90 Å². The smallest absolute Gasteiger partial charge is 0.411 e. The van der Waals surface area contributed by atoms with Gasteiger partial charge < -0.3 is 5.11 Å². The number of halogens is 1. The molecule has 20 heavy (non-hydrogen) atoms. The van der Waals surface area contributed by atoms with Gasteiger partial charge in [-0.1, -0.05) is 42.0 Å². The molecule has 4 nitrogen and oxygen atoms in total. The molecular weight excluding hydrogens is 276 g/mol. The Morgan fingerprint density at radius 3 is 2.55 bits per heavy atom. The number of aromatic nitrogens is 1. The number of benzene rings is 1. The molecule has 0 radical (unpaired) electrons. The van der Waals surface area contributed by atoms with E-state index in [4.69, 9.17) is 16.7 Å². The van der Waals surface area contributed by atoms with E-state index >= 15 is 0 Å². The quantitative estimate of drug-likeness (QED) is 0.868. The van der Waals surface area contributed by atoms with Crippen molar-refractivity contribution < 1.29 is 9.90 Å². The van der Waals surface area contributed by atoms with Gasteiger partial charge in [-0.3, -0.25) is 4.90 Å². The number of hydrogen-bond acceptors (Lipinski definition) is 2. The fraction of sp³-hybridized carbons (Fsp3) is 0.0667. The molecule has 1 N–H and O–H groups in total. The highest BCUT2D eigenvalue weighted by Gasteiger charge is 2.06. The van der Waals surface area contributed by atoms with Crippen molar-refractivity contribution in [3.05, 3.63) is 58.9 Å². The number of nitrogens with zero attached hydrogens (tertiary/aromatic N) is 2. The lowest BCUT2D eigenvalue weighted by atomic mass is 10.1. The van der Waals surface area contributed by atoms with Crippen molar-refractivity contribution in [1.29, 1.82) is 0 Å². The van der Waals surface area contributed by atoms with Crippen LogP contribution in [-0.2, 0) is 0 Å². The normalized spacial score (nSPS) is 10.7. The van der Waals surface area contributed by atoms with Gasteiger partial charge in [-0.15, -0.1) is 0 Å². The molecule has 0 fully saturated rings. The van der Waals surface area contributed by atoms with Crippen molar-refractivity contribution in [3.8, 4) is 0 Å². The van der Waals surface area contributed by atoms with Gasteiger partial charge in [0.2, 0.25) is 0 Å². The Balaban J connectivity index is 2.15. The predicted molar refractivity (Wildman–Crippen MR) is 81.0 cm³/mol. The molecule has 0 saturated carbocycles. The summed E-state index contributed by atoms with van der Waals surface area (Å²) in [6, 6.07) is 10.9. The number of hydrogen-bond donors (Lipinski definition) is 1. The van der Waals surface area contributed by atoms with Gasteiger partial charge in [-0.05, 0) is 23.8 Å². The van der Waals surface area contributed by atoms with Gasteiger partial charge in [-0.2, -0.15) is 0 Å². The fourth-order valence-electron chi connectivity index (χ4n) is 1.63. The van der Waals surface area contributed by atoms with Crippen LogP contribution >= 0.6 is 11.6 Å². The molecule has 0 spiro atoms. The van der Waals surface area contributed by atoms with Crippen LogP contribution in [0, 0.1) is 0 Å². The Morgan fingerprint density at radius 2 is 1.95 bits per heavy atom. The van der Waals surface area contributed by atoms with E-state index in [1.54, 1.807) is 18.3 Å². The molecule has 1 aromatic heterocycles. The Kier molecular flexibility index (Phi) is 4.38. The summed E-state index contributed by atoms with van der Waals surface area (Å²) in [5.74, 6) is 0. The van der Waals surface area contributed by atoms with Gasteiger partial charge in [0.25, 0.3) is 0 Å². The SMILES string of the molecule is CN(C(=O)O)c1ccc(/C=C/c2cccnc2Cl)cc1. The summed E-state index contributed by atoms with van der Waals surface area (Å²) < 4.78 is 0. The van der Waals surface area contributed by atoms with Gasteiger partial charge >= 0.3 is 6.09 Å². The second-order valence-electron chi connectivity index (χ2n) is 4.15. The summed E-state index contributed by atoms with van der Waals surface area (Å²) in [5.41, 5.74) is 2.41. The van der Waals surface area contributed by atoms with E-state index < -0.39 is 6.09 Å². The van der Waals surface area contributed by atoms with Gasteiger partial charge in [-0.25, -0.2) is 9.78 Å². The van der Waals surface area contributed by atoms with Crippen LogP contribution in [0.5, 0.6) is 0 Å². The average Bonchev–Trinajstić information content (AvgIpc) is 2.46. The zero-order valence-corrected chi connectivity index (χ0v) is 11.6. The number of rotatable bonds is 3. The van der Waals surface area contributed by atoms with Gasteiger partial charge in [0.15, 0.2) is 0 Å². The molecule has 0 aliphatic carbocycles. The second-order valence-corrected chi connectivity index (χ2v) is 4.51. The summed E-state index contributed by atoms with van der Waals surface area (Å²) in [4.78, 5) is 16.0. The third-order valence-corrected chi connectivity index (χ3v) is 3.13. The summed E-state index contributed by atoms with van der Waals surface area (Å²) in [7, 11) is 1.50. The molecular formula is C15H13ClN2O2. The standard InChI is InChI=1S/C15H13ClN2O2/c1-18(15(19)20)13-8-5-11(6-9-13)4-7-12-3-2-10-17-14(12)16/h2-10H,1H3,(H,19,20)/b7-4+. The summed E-state index contributed by atoms with van der Waals surface area (Å²) in [6.07, 6.45) is 4.41. The highest BCUT2D eigenvalue weighted by atomic mass is 35.5. The number of amides is 1. The molecule has 0 aliphatic rings. The van der Waals surface area contributed by atoms with Crippen molar-refractivity contribution in [3.63, 3.8) is 0 Å². The first kappa shape index (κ1) is 14.1. The first-order valence-electron chi connectivity index (χ1n) is 5.93. The lowest BCUT2D eigenvalue weighted by molar-refractivity contribution is 0.203. The second kappa shape index (κ2) is 6.21. The monoisotopic (exact) mass is 288 g/mol. The van der Waals surface area contributed by atoms with E-state index in [0.29, 0.717) is 10.8 Å². The molecule has 1 heterocycles. The molecule has 0 saturated heterocycles. The topological polar surface area (TPSA) is 53.4 Å². The van der Waals surface area contributed by atoms with Gasteiger partial charge in [0, 0.05) is 24.5 Å². The number of pyridine rings is 1. The van der Waals surface area contributed by atoms with Crippen LogP contribution in [-0.4, -0.2) is 23.2 Å². The first-order valence-corrected chi connectivity index (χ1v) is 6.31. The van der Waals surface area contributed by atoms with E-state index in [2.05, 4.69) is 4.98 Å². The third-order valence-electron chi connectivity index (χ3n) is 2.81. The highest BCUT2D eigenvalue weighted by molar-refractivity contribution is 6.30. The molecule has 2 rings (SSSR count). The summed E-state index contributed by atoms with van der Waals surface area (Å²) in [6.45, 7) is 0. The minimum atomic E-state index is -0.990. The Labute approximate surface area is 121 Å². The lowest BCUT2D eigenvalue weighted by Crippen LogP contribution is -2.23. The predicted octanol–water partition coefficient (Wildman–Crippen LogP) is 4.02. The van der Waals surface area contributed by atoms with Crippen molar-refractivity contribution in [2.24, 2.45) is 0 Å². The molecule has 0 atom stereocenters. The maximum Gasteiger partial charge on any atom is 0.411 e. The minimum Gasteiger partial charge on any atom is -0.465 e. The van der Waals surface area contributed by atoms with Crippen molar-refractivity contribution >= 4 is 35.5 Å². The van der Waals surface area contributed by atoms with E-state index in [1.165, 1.54) is 7.05 Å². The van der Waals surface area contributed by atoms with E-state index in [0.717, 1.165) is 16.0 Å². The molecule has 102 valence electrons. The zero-order valence-electron chi connectivity index (χ0n) is 10.8. The van der Waals surface area contributed by atoms with Gasteiger partial charge in [0.1, 0.15) is 5.15 Å². The van der Waals surface area contributed by atoms with Crippen LogP contribution in [0.15, 0.2) is 42.6 Å². The Hall–Kier alpha value is -2.33. The summed E-state index contributed by atoms with van der Waals surface area (Å²) >= 11 is 5.96. The number of carboxylic acid groups (broad SMARTS) is 1. The minimum absolute atomic E-state index is 0.450. The van der Waals surface area contributed by atoms with Crippen LogP contribution in [0.4, 0.5) is 10.5 Å². The Bertz CT molecular complexity index is 639. The Morgan fingerprint density at radius 1 is 1.25 bits per heavy atom. The molecule has 5 heteroatoms. The molecule has 2 aromatic rings. The molecule has 0 bridgehead atoms. The number of anilines is 1. The summed E-state index contributed by atoms with van der Waals surface area (Å²) in [5, 5.41) is 9.33. The van der Waals surface area contributed by atoms with Crippen molar-refractivity contribution in [2.75, 3.05) is 11.9 Å². The fourth-order valence-corrected chi connectivity index (χ4v) is 1.81. The van der Waals surface area contributed by atoms with E-state index in [1.807, 2.05) is 36.4 Å². The maximum absolute atomic E-state index is 10.8. The van der Waals surface area contributed by atoms with Gasteiger partial charge in [0.05, 0.1) is 0 Å². The molecule has 0 aliphatic heterocycles. The van der Waals surface area contributed by atoms with Crippen molar-refractivity contribution in [2.45, 2.75) is 0 Å². The number of carbonyl (C=O) groups is 1. The van der Waals surface area contributed by atoms with E-state index in [9.17, 15) is 4.79 Å². The van der Waals surface area contributed by atoms with Crippen LogP contribution in [0.1, 0.15) is 11.1 Å². The zero-order chi connectivity index (χ0) is 14.5. The first-order chi connectivity index (χ1) is 9.58. The molecule has 1 amide bonds. The molecule has 1 aromatic carbocycles. The maximum atomic E-state index is 10.8. The molecule has 0 unspecified atom stereocenters. The van der Waals surface area contributed by atoms with E-state index in [-0.39, 0.29) is 0 Å². The van der Waals surface area contributed by atoms with Crippen LogP contribution in [0.25, 0.3) is 12.2 Å². The van der Waals surface area contributed by atoms with Crippen LogP contribution in [0.3, 0.4) is 0 Å².